The molecule has 0 saturated carbocycles. The second kappa shape index (κ2) is 3.71. The molecule has 1 aliphatic rings. The highest BCUT2D eigenvalue weighted by Gasteiger charge is 2.18. The number of hydrogen-bond acceptors (Lipinski definition) is 5. The maximum absolute atomic E-state index is 5.40. The molecule has 0 N–H and O–H groups in total. The Bertz CT molecular complexity index is 503. The van der Waals surface area contributed by atoms with Crippen molar-refractivity contribution in [3.8, 4) is 11.6 Å². The topological polar surface area (TPSA) is 66.0 Å². The number of aryl methyl sites for hydroxylation is 1. The third-order valence-corrected chi connectivity index (χ3v) is 2.60. The molecule has 0 amide bonds. The second-order valence-electron chi connectivity index (χ2n) is 3.79. The summed E-state index contributed by atoms with van der Waals surface area (Å²) in [5.41, 5.74) is 0.845. The largest absolute Gasteiger partial charge is 0.379 e. The van der Waals surface area contributed by atoms with Gasteiger partial charge in [0.2, 0.25) is 11.6 Å². The molecular formula is C10H12N4O2. The van der Waals surface area contributed by atoms with Gasteiger partial charge in [0, 0.05) is 19.0 Å². The van der Waals surface area contributed by atoms with Crippen LogP contribution in [-0.2, 0) is 17.7 Å². The number of ether oxygens (including phenoxy) is 1. The minimum Gasteiger partial charge on any atom is -0.379 e. The molecule has 2 aromatic heterocycles. The van der Waals surface area contributed by atoms with Gasteiger partial charge in [0.25, 0.3) is 0 Å². The van der Waals surface area contributed by atoms with E-state index in [1.165, 1.54) is 0 Å². The Kier molecular flexibility index (Phi) is 2.21. The SMILES string of the molecule is Cc1cc(-c2nnc3n2CCOCC3)on1. The fourth-order valence-corrected chi connectivity index (χ4v) is 1.83. The molecule has 6 nitrogen and oxygen atoms in total. The van der Waals surface area contributed by atoms with Gasteiger partial charge in [-0.05, 0) is 6.92 Å². The molecule has 3 heterocycles. The Morgan fingerprint density at radius 3 is 3.06 bits per heavy atom. The monoisotopic (exact) mass is 220 g/mol. The van der Waals surface area contributed by atoms with Crippen LogP contribution in [0.3, 0.4) is 0 Å². The molecular weight excluding hydrogens is 208 g/mol. The highest BCUT2D eigenvalue weighted by atomic mass is 16.5. The van der Waals surface area contributed by atoms with Gasteiger partial charge >= 0.3 is 0 Å². The average Bonchev–Trinajstić information content (AvgIpc) is 2.79. The third-order valence-electron chi connectivity index (χ3n) is 2.60. The molecule has 84 valence electrons. The molecule has 1 aliphatic heterocycles. The van der Waals surface area contributed by atoms with Crippen molar-refractivity contribution in [2.45, 2.75) is 19.9 Å². The van der Waals surface area contributed by atoms with E-state index >= 15 is 0 Å². The lowest BCUT2D eigenvalue weighted by molar-refractivity contribution is 0.140. The van der Waals surface area contributed by atoms with E-state index in [4.69, 9.17) is 9.26 Å². The van der Waals surface area contributed by atoms with E-state index < -0.39 is 0 Å². The van der Waals surface area contributed by atoms with Crippen LogP contribution in [0.5, 0.6) is 0 Å². The van der Waals surface area contributed by atoms with Crippen LogP contribution < -0.4 is 0 Å². The van der Waals surface area contributed by atoms with Crippen molar-refractivity contribution < 1.29 is 9.26 Å². The molecule has 2 aromatic rings. The maximum Gasteiger partial charge on any atom is 0.204 e. The van der Waals surface area contributed by atoms with Gasteiger partial charge < -0.3 is 13.8 Å². The third kappa shape index (κ3) is 1.51. The maximum atomic E-state index is 5.40. The first-order chi connectivity index (χ1) is 7.84. The van der Waals surface area contributed by atoms with E-state index in [9.17, 15) is 0 Å². The van der Waals surface area contributed by atoms with Crippen molar-refractivity contribution in [1.29, 1.82) is 0 Å². The lowest BCUT2D eigenvalue weighted by Gasteiger charge is -2.02. The summed E-state index contributed by atoms with van der Waals surface area (Å²) in [7, 11) is 0. The highest BCUT2D eigenvalue weighted by molar-refractivity contribution is 5.47. The van der Waals surface area contributed by atoms with Crippen molar-refractivity contribution in [3.05, 3.63) is 17.6 Å². The van der Waals surface area contributed by atoms with Gasteiger partial charge in [-0.15, -0.1) is 10.2 Å². The Morgan fingerprint density at radius 2 is 2.25 bits per heavy atom. The van der Waals surface area contributed by atoms with Gasteiger partial charge in [-0.2, -0.15) is 0 Å². The number of fused-ring (bicyclic) bond motifs is 1. The molecule has 16 heavy (non-hydrogen) atoms. The summed E-state index contributed by atoms with van der Waals surface area (Å²) in [4.78, 5) is 0. The van der Waals surface area contributed by atoms with Crippen LogP contribution in [0, 0.1) is 6.92 Å². The van der Waals surface area contributed by atoms with E-state index in [1.807, 2.05) is 17.6 Å². The Hall–Kier alpha value is -1.69. The summed E-state index contributed by atoms with van der Waals surface area (Å²) in [5.74, 6) is 2.35. The lowest BCUT2D eigenvalue weighted by atomic mass is 10.3. The highest BCUT2D eigenvalue weighted by Crippen LogP contribution is 2.20. The van der Waals surface area contributed by atoms with Crippen molar-refractivity contribution in [3.63, 3.8) is 0 Å². The van der Waals surface area contributed by atoms with Crippen molar-refractivity contribution in [2.75, 3.05) is 13.2 Å². The van der Waals surface area contributed by atoms with Crippen molar-refractivity contribution in [1.82, 2.24) is 19.9 Å². The van der Waals surface area contributed by atoms with Crippen molar-refractivity contribution >= 4 is 0 Å². The Balaban J connectivity index is 2.05. The Morgan fingerprint density at radius 1 is 1.31 bits per heavy atom. The van der Waals surface area contributed by atoms with Crippen molar-refractivity contribution in [2.24, 2.45) is 0 Å². The van der Waals surface area contributed by atoms with E-state index in [0.29, 0.717) is 19.0 Å². The number of nitrogens with zero attached hydrogens (tertiary/aromatic N) is 4. The van der Waals surface area contributed by atoms with Gasteiger partial charge in [0.05, 0.1) is 18.9 Å². The zero-order valence-electron chi connectivity index (χ0n) is 9.01. The first kappa shape index (κ1) is 9.53. The summed E-state index contributed by atoms with van der Waals surface area (Å²) in [6, 6.07) is 1.86. The van der Waals surface area contributed by atoms with Crippen LogP contribution >= 0.6 is 0 Å². The first-order valence-electron chi connectivity index (χ1n) is 5.28. The number of aromatic nitrogens is 4. The van der Waals surface area contributed by atoms with Gasteiger partial charge in [-0.1, -0.05) is 5.16 Å². The summed E-state index contributed by atoms with van der Waals surface area (Å²) >= 11 is 0. The fraction of sp³-hybridized carbons (Fsp3) is 0.500. The molecule has 0 atom stereocenters. The van der Waals surface area contributed by atoms with Crippen LogP contribution in [0.15, 0.2) is 10.6 Å². The normalized spacial score (nSPS) is 15.8. The fourth-order valence-electron chi connectivity index (χ4n) is 1.83. The zero-order valence-corrected chi connectivity index (χ0v) is 9.01. The predicted molar refractivity (Wildman–Crippen MR) is 54.8 cm³/mol. The molecule has 6 heteroatoms. The average molecular weight is 220 g/mol. The smallest absolute Gasteiger partial charge is 0.204 e. The summed E-state index contributed by atoms with van der Waals surface area (Å²) < 4.78 is 12.6. The standard InChI is InChI=1S/C10H12N4O2/c1-7-6-8(16-13-7)10-12-11-9-2-4-15-5-3-14(9)10/h6H,2-5H2,1H3. The lowest BCUT2D eigenvalue weighted by Crippen LogP contribution is -2.05. The van der Waals surface area contributed by atoms with Crippen LogP contribution in [0.1, 0.15) is 11.5 Å². The predicted octanol–water partition coefficient (Wildman–Crippen LogP) is 0.814. The quantitative estimate of drug-likeness (QED) is 0.711. The molecule has 0 aliphatic carbocycles. The number of hydrogen-bond donors (Lipinski definition) is 0. The van der Waals surface area contributed by atoms with E-state index in [2.05, 4.69) is 15.4 Å². The Labute approximate surface area is 92.2 Å². The van der Waals surface area contributed by atoms with Crippen LogP contribution in [-0.4, -0.2) is 33.1 Å². The van der Waals surface area contributed by atoms with E-state index in [1.54, 1.807) is 0 Å². The molecule has 0 unspecified atom stereocenters. The van der Waals surface area contributed by atoms with E-state index in [-0.39, 0.29) is 0 Å². The molecule has 0 spiro atoms. The summed E-state index contributed by atoms with van der Waals surface area (Å²) in [6.45, 7) is 4.03. The number of rotatable bonds is 1. The molecule has 3 rings (SSSR count). The molecule has 0 fully saturated rings. The summed E-state index contributed by atoms with van der Waals surface area (Å²) in [6.07, 6.45) is 0.792. The minimum absolute atomic E-state index is 0.665. The minimum atomic E-state index is 0.665. The first-order valence-corrected chi connectivity index (χ1v) is 5.28. The van der Waals surface area contributed by atoms with Gasteiger partial charge in [-0.3, -0.25) is 0 Å². The van der Waals surface area contributed by atoms with Crippen LogP contribution in [0.2, 0.25) is 0 Å². The van der Waals surface area contributed by atoms with Gasteiger partial charge in [0.15, 0.2) is 0 Å². The van der Waals surface area contributed by atoms with Crippen LogP contribution in [0.4, 0.5) is 0 Å². The van der Waals surface area contributed by atoms with Gasteiger partial charge in [-0.25, -0.2) is 0 Å². The molecule has 0 saturated heterocycles. The van der Waals surface area contributed by atoms with Crippen LogP contribution in [0.25, 0.3) is 11.6 Å². The zero-order chi connectivity index (χ0) is 11.0. The summed E-state index contributed by atoms with van der Waals surface area (Å²) in [5, 5.41) is 12.2. The molecule has 0 radical (unpaired) electrons. The second-order valence-corrected chi connectivity index (χ2v) is 3.79. The molecule has 0 bridgehead atoms. The van der Waals surface area contributed by atoms with E-state index in [0.717, 1.165) is 30.3 Å². The van der Waals surface area contributed by atoms with Gasteiger partial charge in [0.1, 0.15) is 5.82 Å². The molecule has 0 aromatic carbocycles.